The van der Waals surface area contributed by atoms with E-state index in [1.807, 2.05) is 13.8 Å². The molecule has 0 aliphatic heterocycles. The molecule has 0 fully saturated rings. The molecular formula is C12H19N3O3. The Kier molecular flexibility index (Phi) is 5.35. The van der Waals surface area contributed by atoms with E-state index in [2.05, 4.69) is 10.4 Å². The van der Waals surface area contributed by atoms with Crippen LogP contribution in [0.5, 0.6) is 0 Å². The number of aliphatic carboxylic acids is 1. The highest BCUT2D eigenvalue weighted by Gasteiger charge is 2.20. The van der Waals surface area contributed by atoms with Crippen molar-refractivity contribution in [1.82, 2.24) is 15.1 Å². The highest BCUT2D eigenvalue weighted by atomic mass is 16.4. The lowest BCUT2D eigenvalue weighted by atomic mass is 10.1. The van der Waals surface area contributed by atoms with E-state index in [4.69, 9.17) is 5.11 Å². The molecule has 1 atom stereocenters. The second kappa shape index (κ2) is 6.78. The van der Waals surface area contributed by atoms with Crippen LogP contribution >= 0.6 is 0 Å². The van der Waals surface area contributed by atoms with E-state index in [9.17, 15) is 9.59 Å². The van der Waals surface area contributed by atoms with E-state index in [0.29, 0.717) is 18.4 Å². The van der Waals surface area contributed by atoms with Crippen molar-refractivity contribution in [3.05, 3.63) is 18.0 Å². The highest BCUT2D eigenvalue weighted by molar-refractivity contribution is 5.96. The number of rotatable bonds is 7. The van der Waals surface area contributed by atoms with Crippen LogP contribution in [0, 0.1) is 0 Å². The van der Waals surface area contributed by atoms with Gasteiger partial charge in [-0.3, -0.25) is 9.48 Å². The number of carboxylic acids is 1. The number of hydrogen-bond donors (Lipinski definition) is 2. The second-order valence-electron chi connectivity index (χ2n) is 4.15. The Labute approximate surface area is 106 Å². The van der Waals surface area contributed by atoms with Gasteiger partial charge < -0.3 is 10.4 Å². The SMILES string of the molecule is CCCC(NC(=O)c1cnn(CCC)c1)C(=O)O. The number of amides is 1. The molecule has 0 aliphatic carbocycles. The Bertz CT molecular complexity index is 414. The standard InChI is InChI=1S/C12H19N3O3/c1-3-5-10(12(17)18)14-11(16)9-7-13-15(8-9)6-4-2/h7-8,10H,3-6H2,1-2H3,(H,14,16)(H,17,18). The van der Waals surface area contributed by atoms with Crippen LogP contribution in [0.15, 0.2) is 12.4 Å². The summed E-state index contributed by atoms with van der Waals surface area (Å²) < 4.78 is 1.67. The molecule has 0 saturated heterocycles. The van der Waals surface area contributed by atoms with E-state index in [1.54, 1.807) is 10.9 Å². The van der Waals surface area contributed by atoms with Crippen molar-refractivity contribution in [1.29, 1.82) is 0 Å². The molecule has 0 aliphatic rings. The van der Waals surface area contributed by atoms with E-state index in [1.165, 1.54) is 6.20 Å². The summed E-state index contributed by atoms with van der Waals surface area (Å²) in [5.41, 5.74) is 0.394. The van der Waals surface area contributed by atoms with Crippen molar-refractivity contribution in [2.45, 2.75) is 45.7 Å². The van der Waals surface area contributed by atoms with Crippen LogP contribution in [0.25, 0.3) is 0 Å². The first-order chi connectivity index (χ1) is 8.58. The Balaban J connectivity index is 2.64. The molecule has 2 N–H and O–H groups in total. The summed E-state index contributed by atoms with van der Waals surface area (Å²) in [5.74, 6) is -1.40. The molecule has 0 spiro atoms. The minimum atomic E-state index is -1.01. The number of nitrogens with one attached hydrogen (secondary N) is 1. The third-order valence-electron chi connectivity index (χ3n) is 2.53. The van der Waals surface area contributed by atoms with E-state index in [0.717, 1.165) is 13.0 Å². The number of aromatic nitrogens is 2. The summed E-state index contributed by atoms with van der Waals surface area (Å²) in [6.07, 6.45) is 5.13. The van der Waals surface area contributed by atoms with Gasteiger partial charge in [-0.15, -0.1) is 0 Å². The zero-order valence-electron chi connectivity index (χ0n) is 10.7. The van der Waals surface area contributed by atoms with Gasteiger partial charge in [-0.25, -0.2) is 4.79 Å². The number of aryl methyl sites for hydroxylation is 1. The lowest BCUT2D eigenvalue weighted by Crippen LogP contribution is -2.40. The zero-order valence-corrected chi connectivity index (χ0v) is 10.7. The van der Waals surface area contributed by atoms with Crippen molar-refractivity contribution in [3.8, 4) is 0 Å². The number of carbonyl (C=O) groups excluding carboxylic acids is 1. The molecule has 18 heavy (non-hydrogen) atoms. The van der Waals surface area contributed by atoms with Gasteiger partial charge in [0.15, 0.2) is 0 Å². The van der Waals surface area contributed by atoms with Crippen LogP contribution in [0.2, 0.25) is 0 Å². The molecule has 0 aromatic carbocycles. The summed E-state index contributed by atoms with van der Waals surface area (Å²) in [7, 11) is 0. The van der Waals surface area contributed by atoms with Crippen LogP contribution in [0.3, 0.4) is 0 Å². The average molecular weight is 253 g/mol. The Morgan fingerprint density at radius 1 is 1.44 bits per heavy atom. The lowest BCUT2D eigenvalue weighted by molar-refractivity contribution is -0.139. The summed E-state index contributed by atoms with van der Waals surface area (Å²) >= 11 is 0. The van der Waals surface area contributed by atoms with E-state index in [-0.39, 0.29) is 0 Å². The molecule has 0 bridgehead atoms. The third-order valence-corrected chi connectivity index (χ3v) is 2.53. The number of nitrogens with zero attached hydrogens (tertiary/aromatic N) is 2. The predicted molar refractivity (Wildman–Crippen MR) is 66.3 cm³/mol. The zero-order chi connectivity index (χ0) is 13.5. The summed E-state index contributed by atoms with van der Waals surface area (Å²) in [6, 6.07) is -0.836. The molecule has 6 nitrogen and oxygen atoms in total. The Morgan fingerprint density at radius 3 is 2.72 bits per heavy atom. The van der Waals surface area contributed by atoms with Crippen LogP contribution < -0.4 is 5.32 Å². The maximum Gasteiger partial charge on any atom is 0.326 e. The summed E-state index contributed by atoms with van der Waals surface area (Å²) in [5, 5.41) is 15.5. The Hall–Kier alpha value is -1.85. The van der Waals surface area contributed by atoms with Gasteiger partial charge in [-0.2, -0.15) is 5.10 Å². The molecule has 100 valence electrons. The normalized spacial score (nSPS) is 12.1. The van der Waals surface area contributed by atoms with Crippen LogP contribution in [0.1, 0.15) is 43.5 Å². The minimum Gasteiger partial charge on any atom is -0.480 e. The molecule has 0 radical (unpaired) electrons. The molecule has 1 aromatic heterocycles. The highest BCUT2D eigenvalue weighted by Crippen LogP contribution is 2.02. The van der Waals surface area contributed by atoms with Gasteiger partial charge in [0.25, 0.3) is 5.91 Å². The average Bonchev–Trinajstić information content (AvgIpc) is 2.77. The van der Waals surface area contributed by atoms with E-state index >= 15 is 0 Å². The number of hydrogen-bond acceptors (Lipinski definition) is 3. The van der Waals surface area contributed by atoms with Gasteiger partial charge in [0.1, 0.15) is 6.04 Å². The summed E-state index contributed by atoms with van der Waals surface area (Å²) in [4.78, 5) is 22.8. The van der Waals surface area contributed by atoms with E-state index < -0.39 is 17.9 Å². The quantitative estimate of drug-likeness (QED) is 0.766. The minimum absolute atomic E-state index is 0.391. The van der Waals surface area contributed by atoms with Gasteiger partial charge >= 0.3 is 5.97 Å². The second-order valence-corrected chi connectivity index (χ2v) is 4.15. The lowest BCUT2D eigenvalue weighted by Gasteiger charge is -2.12. The van der Waals surface area contributed by atoms with Gasteiger partial charge in [-0.1, -0.05) is 20.3 Å². The van der Waals surface area contributed by atoms with Gasteiger partial charge in [0, 0.05) is 12.7 Å². The van der Waals surface area contributed by atoms with Crippen LogP contribution in [-0.4, -0.2) is 32.8 Å². The van der Waals surface area contributed by atoms with Crippen molar-refractivity contribution < 1.29 is 14.7 Å². The van der Waals surface area contributed by atoms with Crippen molar-refractivity contribution >= 4 is 11.9 Å². The van der Waals surface area contributed by atoms with Gasteiger partial charge in [0.2, 0.25) is 0 Å². The fraction of sp³-hybridized carbons (Fsp3) is 0.583. The monoisotopic (exact) mass is 253 g/mol. The predicted octanol–water partition coefficient (Wildman–Crippen LogP) is 1.28. The number of carboxylic acid groups (broad SMARTS) is 1. The largest absolute Gasteiger partial charge is 0.480 e. The first-order valence-electron chi connectivity index (χ1n) is 6.14. The fourth-order valence-electron chi connectivity index (χ4n) is 1.62. The Morgan fingerprint density at radius 2 is 2.17 bits per heavy atom. The summed E-state index contributed by atoms with van der Waals surface area (Å²) in [6.45, 7) is 4.63. The maximum atomic E-state index is 11.8. The van der Waals surface area contributed by atoms with Gasteiger partial charge in [-0.05, 0) is 12.8 Å². The molecule has 1 rings (SSSR count). The topological polar surface area (TPSA) is 84.2 Å². The maximum absolute atomic E-state index is 11.8. The first-order valence-corrected chi connectivity index (χ1v) is 6.14. The van der Waals surface area contributed by atoms with Crippen molar-refractivity contribution in [3.63, 3.8) is 0 Å². The van der Waals surface area contributed by atoms with Crippen LogP contribution in [0.4, 0.5) is 0 Å². The van der Waals surface area contributed by atoms with Crippen LogP contribution in [-0.2, 0) is 11.3 Å². The molecule has 1 heterocycles. The molecule has 6 heteroatoms. The van der Waals surface area contributed by atoms with Gasteiger partial charge in [0.05, 0.1) is 11.8 Å². The molecule has 0 saturated carbocycles. The molecule has 1 unspecified atom stereocenters. The molecule has 1 aromatic rings. The fourth-order valence-corrected chi connectivity index (χ4v) is 1.62. The first kappa shape index (κ1) is 14.2. The molecular weight excluding hydrogens is 234 g/mol. The smallest absolute Gasteiger partial charge is 0.326 e. The van der Waals surface area contributed by atoms with Crippen molar-refractivity contribution in [2.75, 3.05) is 0 Å². The molecule has 1 amide bonds. The third kappa shape index (κ3) is 3.87. The number of carbonyl (C=O) groups is 2. The van der Waals surface area contributed by atoms with Crippen molar-refractivity contribution in [2.24, 2.45) is 0 Å².